The van der Waals surface area contributed by atoms with Crippen LogP contribution in [0, 0.1) is 0 Å². The summed E-state index contributed by atoms with van der Waals surface area (Å²) in [4.78, 5) is 20.4. The number of ether oxygens (including phenoxy) is 2. The molecule has 3 rings (SSSR count). The van der Waals surface area contributed by atoms with Gasteiger partial charge in [0, 0.05) is 39.6 Å². The lowest BCUT2D eigenvalue weighted by molar-refractivity contribution is -0.130. The van der Waals surface area contributed by atoms with E-state index in [-0.39, 0.29) is 29.9 Å². The van der Waals surface area contributed by atoms with Crippen LogP contribution in [0.25, 0.3) is 0 Å². The molecule has 0 atom stereocenters. The number of piperazine rings is 1. The van der Waals surface area contributed by atoms with Crippen LogP contribution < -0.4 is 14.8 Å². The zero-order chi connectivity index (χ0) is 21.3. The van der Waals surface area contributed by atoms with Crippen LogP contribution in [0.2, 0.25) is 0 Å². The average Bonchev–Trinajstić information content (AvgIpc) is 2.78. The molecule has 1 aliphatic rings. The van der Waals surface area contributed by atoms with Gasteiger partial charge in [0.2, 0.25) is 5.91 Å². The molecule has 0 saturated carbocycles. The Morgan fingerprint density at radius 2 is 1.61 bits per heavy atom. The van der Waals surface area contributed by atoms with E-state index >= 15 is 0 Å². The third-order valence-corrected chi connectivity index (χ3v) is 4.99. The number of guanidine groups is 1. The molecule has 2 aromatic rings. The number of halogens is 1. The quantitative estimate of drug-likeness (QED) is 0.345. The Hall–Kier alpha value is -2.49. The van der Waals surface area contributed by atoms with Crippen LogP contribution in [-0.2, 0) is 11.3 Å². The highest BCUT2D eigenvalue weighted by Gasteiger charge is 2.20. The number of rotatable bonds is 6. The van der Waals surface area contributed by atoms with E-state index in [4.69, 9.17) is 14.5 Å². The lowest BCUT2D eigenvalue weighted by Crippen LogP contribution is -2.53. The molecule has 0 unspecified atom stereocenters. The summed E-state index contributed by atoms with van der Waals surface area (Å²) in [5, 5.41) is 3.36. The van der Waals surface area contributed by atoms with Gasteiger partial charge < -0.3 is 24.6 Å². The second-order valence-electron chi connectivity index (χ2n) is 7.06. The predicted octanol–water partition coefficient (Wildman–Crippen LogP) is 3.74. The molecule has 0 spiro atoms. The maximum Gasteiger partial charge on any atom is 0.219 e. The largest absolute Gasteiger partial charge is 0.493 e. The molecule has 0 radical (unpaired) electrons. The van der Waals surface area contributed by atoms with Gasteiger partial charge in [0.25, 0.3) is 0 Å². The third-order valence-electron chi connectivity index (χ3n) is 4.99. The first-order valence-corrected chi connectivity index (χ1v) is 10.3. The predicted molar refractivity (Wildman–Crippen MR) is 134 cm³/mol. The van der Waals surface area contributed by atoms with Crippen molar-refractivity contribution >= 4 is 35.8 Å². The van der Waals surface area contributed by atoms with Crippen molar-refractivity contribution in [2.75, 3.05) is 39.8 Å². The molecule has 0 aliphatic carbocycles. The minimum absolute atomic E-state index is 0. The number of hydrogen-bond donors (Lipinski definition) is 1. The number of benzene rings is 2. The Kier molecular flexibility index (Phi) is 9.90. The van der Waals surface area contributed by atoms with Crippen molar-refractivity contribution < 1.29 is 14.3 Å². The van der Waals surface area contributed by atoms with E-state index in [2.05, 4.69) is 17.1 Å². The van der Waals surface area contributed by atoms with Gasteiger partial charge in [-0.2, -0.15) is 0 Å². The normalized spacial score (nSPS) is 14.0. The number of nitrogens with zero attached hydrogens (tertiary/aromatic N) is 3. The summed E-state index contributed by atoms with van der Waals surface area (Å²) in [6.45, 7) is 8.10. The highest BCUT2D eigenvalue weighted by atomic mass is 127. The van der Waals surface area contributed by atoms with Crippen molar-refractivity contribution in [2.24, 2.45) is 4.99 Å². The Labute approximate surface area is 201 Å². The van der Waals surface area contributed by atoms with Crippen LogP contribution in [-0.4, -0.2) is 61.5 Å². The lowest BCUT2D eigenvalue weighted by atomic mass is 10.2. The van der Waals surface area contributed by atoms with Gasteiger partial charge in [-0.15, -0.1) is 24.0 Å². The number of aliphatic imine (C=N–C) groups is 1. The molecule has 1 fully saturated rings. The van der Waals surface area contributed by atoms with Crippen molar-refractivity contribution in [3.63, 3.8) is 0 Å². The number of carbonyl (C=O) groups is 1. The van der Waals surface area contributed by atoms with Crippen LogP contribution in [0.4, 0.5) is 0 Å². The SMILES string of the molecule is CCNC(=NCc1ccc(Oc2ccccc2OC)cc1)N1CCN(C(C)=O)CC1.I. The van der Waals surface area contributed by atoms with Gasteiger partial charge >= 0.3 is 0 Å². The Morgan fingerprint density at radius 1 is 1.00 bits per heavy atom. The molecule has 168 valence electrons. The van der Waals surface area contributed by atoms with Crippen molar-refractivity contribution in [3.05, 3.63) is 54.1 Å². The molecule has 1 N–H and O–H groups in total. The maximum atomic E-state index is 11.5. The first kappa shape index (κ1) is 24.8. The van der Waals surface area contributed by atoms with E-state index in [9.17, 15) is 4.79 Å². The second-order valence-corrected chi connectivity index (χ2v) is 7.06. The van der Waals surface area contributed by atoms with Crippen molar-refractivity contribution in [3.8, 4) is 17.2 Å². The third kappa shape index (κ3) is 7.02. The molecule has 7 nitrogen and oxygen atoms in total. The molecule has 1 aliphatic heterocycles. The van der Waals surface area contributed by atoms with Crippen LogP contribution in [0.1, 0.15) is 19.4 Å². The molecule has 8 heteroatoms. The highest BCUT2D eigenvalue weighted by molar-refractivity contribution is 14.0. The topological polar surface area (TPSA) is 66.4 Å². The maximum absolute atomic E-state index is 11.5. The summed E-state index contributed by atoms with van der Waals surface area (Å²) >= 11 is 0. The van der Waals surface area contributed by atoms with Gasteiger partial charge in [-0.3, -0.25) is 4.79 Å². The number of hydrogen-bond acceptors (Lipinski definition) is 4. The molecular weight excluding hydrogens is 507 g/mol. The first-order chi connectivity index (χ1) is 14.6. The second kappa shape index (κ2) is 12.4. The summed E-state index contributed by atoms with van der Waals surface area (Å²) in [5.74, 6) is 3.15. The van der Waals surface area contributed by atoms with Gasteiger partial charge in [0.1, 0.15) is 5.75 Å². The molecule has 2 aromatic carbocycles. The van der Waals surface area contributed by atoms with E-state index in [0.29, 0.717) is 18.0 Å². The zero-order valence-electron chi connectivity index (χ0n) is 18.3. The average molecular weight is 538 g/mol. The van der Waals surface area contributed by atoms with Gasteiger partial charge in [-0.25, -0.2) is 4.99 Å². The first-order valence-electron chi connectivity index (χ1n) is 10.3. The Bertz CT molecular complexity index is 865. The van der Waals surface area contributed by atoms with Gasteiger partial charge in [-0.05, 0) is 36.8 Å². The number of methoxy groups -OCH3 is 1. The standard InChI is InChI=1S/C23H30N4O3.HI/c1-4-24-23(27-15-13-26(14-16-27)18(2)28)25-17-19-9-11-20(12-10-19)30-22-8-6-5-7-21(22)29-3;/h5-12H,4,13-17H2,1-3H3,(H,24,25);1H. The summed E-state index contributed by atoms with van der Waals surface area (Å²) in [6, 6.07) is 15.5. The molecular formula is C23H31IN4O3. The van der Waals surface area contributed by atoms with Crippen molar-refractivity contribution in [2.45, 2.75) is 20.4 Å². The smallest absolute Gasteiger partial charge is 0.219 e. The summed E-state index contributed by atoms with van der Waals surface area (Å²) in [5.41, 5.74) is 1.10. The van der Waals surface area contributed by atoms with E-state index < -0.39 is 0 Å². The number of nitrogens with one attached hydrogen (secondary N) is 1. The van der Waals surface area contributed by atoms with Crippen LogP contribution in [0.15, 0.2) is 53.5 Å². The van der Waals surface area contributed by atoms with Crippen LogP contribution in [0.3, 0.4) is 0 Å². The zero-order valence-corrected chi connectivity index (χ0v) is 20.7. The van der Waals surface area contributed by atoms with E-state index in [0.717, 1.165) is 50.0 Å². The molecule has 1 amide bonds. The highest BCUT2D eigenvalue weighted by Crippen LogP contribution is 2.30. The van der Waals surface area contributed by atoms with Gasteiger partial charge in [-0.1, -0.05) is 24.3 Å². The van der Waals surface area contributed by atoms with E-state index in [1.165, 1.54) is 0 Å². The Morgan fingerprint density at radius 3 is 2.19 bits per heavy atom. The summed E-state index contributed by atoms with van der Waals surface area (Å²) < 4.78 is 11.3. The molecule has 0 aromatic heterocycles. The number of amides is 1. The number of carbonyl (C=O) groups excluding carboxylic acids is 1. The summed E-state index contributed by atoms with van der Waals surface area (Å²) in [7, 11) is 1.63. The molecule has 1 saturated heterocycles. The van der Waals surface area contributed by atoms with E-state index in [1.54, 1.807) is 14.0 Å². The Balaban J connectivity index is 0.00000341. The van der Waals surface area contributed by atoms with E-state index in [1.807, 2.05) is 53.4 Å². The minimum Gasteiger partial charge on any atom is -0.493 e. The minimum atomic E-state index is 0. The fourth-order valence-corrected chi connectivity index (χ4v) is 3.32. The monoisotopic (exact) mass is 538 g/mol. The lowest BCUT2D eigenvalue weighted by Gasteiger charge is -2.36. The molecule has 0 bridgehead atoms. The summed E-state index contributed by atoms with van der Waals surface area (Å²) in [6.07, 6.45) is 0. The number of para-hydroxylation sites is 2. The van der Waals surface area contributed by atoms with Crippen LogP contribution in [0.5, 0.6) is 17.2 Å². The van der Waals surface area contributed by atoms with Gasteiger partial charge in [0.05, 0.1) is 13.7 Å². The fraction of sp³-hybridized carbons (Fsp3) is 0.391. The fourth-order valence-electron chi connectivity index (χ4n) is 3.32. The van der Waals surface area contributed by atoms with Crippen molar-refractivity contribution in [1.29, 1.82) is 0 Å². The van der Waals surface area contributed by atoms with Gasteiger partial charge in [0.15, 0.2) is 17.5 Å². The molecule has 31 heavy (non-hydrogen) atoms. The van der Waals surface area contributed by atoms with Crippen molar-refractivity contribution in [1.82, 2.24) is 15.1 Å². The van der Waals surface area contributed by atoms with Crippen LogP contribution >= 0.6 is 24.0 Å². The molecule has 1 heterocycles.